The molecule has 7 heteroatoms. The normalized spacial score (nSPS) is 10.7. The largest absolute Gasteiger partial charge is 0.478 e. The summed E-state index contributed by atoms with van der Waals surface area (Å²) in [4.78, 5) is 35.2. The lowest BCUT2D eigenvalue weighted by Gasteiger charge is -2.09. The van der Waals surface area contributed by atoms with Gasteiger partial charge in [0.25, 0.3) is 5.91 Å². The van der Waals surface area contributed by atoms with Crippen molar-refractivity contribution in [2.75, 3.05) is 5.32 Å². The van der Waals surface area contributed by atoms with Gasteiger partial charge in [-0.3, -0.25) is 4.79 Å². The number of benzene rings is 1. The van der Waals surface area contributed by atoms with Gasteiger partial charge in [0.1, 0.15) is 11.5 Å². The molecule has 3 N–H and O–H groups in total. The maximum atomic E-state index is 11.9. The number of aryl methyl sites for hydroxylation is 1. The second-order valence-corrected chi connectivity index (χ2v) is 5.89. The number of carboxylic acid groups (broad SMARTS) is 1. The van der Waals surface area contributed by atoms with Crippen molar-refractivity contribution in [1.82, 2.24) is 15.0 Å². The zero-order valence-corrected chi connectivity index (χ0v) is 14.5. The monoisotopic (exact) mass is 350 g/mol. The van der Waals surface area contributed by atoms with Crippen LogP contribution in [0.3, 0.4) is 0 Å². The van der Waals surface area contributed by atoms with Crippen LogP contribution in [0.15, 0.2) is 42.6 Å². The molecule has 7 nitrogen and oxygen atoms in total. The minimum Gasteiger partial charge on any atom is -0.478 e. The fourth-order valence-corrected chi connectivity index (χ4v) is 2.60. The quantitative estimate of drug-likeness (QED) is 0.611. The average molecular weight is 350 g/mol. The van der Waals surface area contributed by atoms with Crippen LogP contribution in [-0.2, 0) is 11.2 Å². The van der Waals surface area contributed by atoms with Gasteiger partial charge in [-0.05, 0) is 19.1 Å². The third-order valence-corrected chi connectivity index (χ3v) is 3.91. The van der Waals surface area contributed by atoms with Gasteiger partial charge >= 0.3 is 5.97 Å². The Bertz CT molecular complexity index is 1040. The smallest absolute Gasteiger partial charge is 0.338 e. The van der Waals surface area contributed by atoms with Gasteiger partial charge < -0.3 is 15.4 Å². The Morgan fingerprint density at radius 1 is 1.31 bits per heavy atom. The summed E-state index contributed by atoms with van der Waals surface area (Å²) in [6.45, 7) is 7.17. The molecule has 0 aliphatic carbocycles. The van der Waals surface area contributed by atoms with Gasteiger partial charge in [-0.2, -0.15) is 0 Å². The number of carbonyl (C=O) groups is 2. The standard InChI is InChI=1S/C19H18N4O3/c1-4-14-22-16(15-13(19(25)26)9-20-17(15)23-14)11-6-5-7-12(8-11)21-18(24)10(2)3/h5-9H,2,4H2,1,3H3,(H,21,24)(H,25,26)(H,20,22,23). The molecule has 0 aliphatic heterocycles. The molecule has 1 amide bonds. The Kier molecular flexibility index (Phi) is 4.53. The molecule has 2 heterocycles. The molecule has 132 valence electrons. The third-order valence-electron chi connectivity index (χ3n) is 3.91. The van der Waals surface area contributed by atoms with Gasteiger partial charge in [0.2, 0.25) is 0 Å². The number of fused-ring (bicyclic) bond motifs is 1. The predicted molar refractivity (Wildman–Crippen MR) is 99.1 cm³/mol. The van der Waals surface area contributed by atoms with E-state index in [1.165, 1.54) is 6.20 Å². The van der Waals surface area contributed by atoms with E-state index >= 15 is 0 Å². The fourth-order valence-electron chi connectivity index (χ4n) is 2.60. The van der Waals surface area contributed by atoms with Crippen LogP contribution in [0.4, 0.5) is 5.69 Å². The maximum absolute atomic E-state index is 11.9. The molecule has 0 unspecified atom stereocenters. The minimum atomic E-state index is -1.06. The molecule has 2 aromatic heterocycles. The van der Waals surface area contributed by atoms with Gasteiger partial charge in [0.15, 0.2) is 0 Å². The van der Waals surface area contributed by atoms with Gasteiger partial charge in [0, 0.05) is 29.4 Å². The van der Waals surface area contributed by atoms with Crippen molar-refractivity contribution in [3.05, 3.63) is 54.0 Å². The molecule has 0 bridgehead atoms. The van der Waals surface area contributed by atoms with E-state index < -0.39 is 5.97 Å². The van der Waals surface area contributed by atoms with E-state index in [2.05, 4.69) is 26.8 Å². The van der Waals surface area contributed by atoms with Crippen LogP contribution in [0.25, 0.3) is 22.3 Å². The van der Waals surface area contributed by atoms with Crippen molar-refractivity contribution in [3.63, 3.8) is 0 Å². The van der Waals surface area contributed by atoms with E-state index in [1.807, 2.05) is 13.0 Å². The number of rotatable bonds is 5. The summed E-state index contributed by atoms with van der Waals surface area (Å²) in [5.74, 6) is -0.739. The molecule has 0 aliphatic rings. The summed E-state index contributed by atoms with van der Waals surface area (Å²) >= 11 is 0. The molecule has 1 aromatic carbocycles. The zero-order valence-electron chi connectivity index (χ0n) is 14.5. The first-order chi connectivity index (χ1) is 12.4. The molecule has 26 heavy (non-hydrogen) atoms. The first kappa shape index (κ1) is 17.3. The summed E-state index contributed by atoms with van der Waals surface area (Å²) in [6, 6.07) is 7.09. The van der Waals surface area contributed by atoms with Crippen LogP contribution >= 0.6 is 0 Å². The van der Waals surface area contributed by atoms with E-state index in [9.17, 15) is 14.7 Å². The van der Waals surface area contributed by atoms with E-state index in [1.54, 1.807) is 25.1 Å². The SMILES string of the molecule is C=C(C)C(=O)Nc1cccc(-c2nc(CC)nc3[nH]cc(C(=O)O)c23)c1. The van der Waals surface area contributed by atoms with Crippen molar-refractivity contribution < 1.29 is 14.7 Å². The number of aromatic amines is 1. The van der Waals surface area contributed by atoms with E-state index in [4.69, 9.17) is 0 Å². The summed E-state index contributed by atoms with van der Waals surface area (Å²) in [6.07, 6.45) is 2.02. The van der Waals surface area contributed by atoms with Crippen molar-refractivity contribution in [1.29, 1.82) is 0 Å². The predicted octanol–water partition coefficient (Wildman–Crippen LogP) is 3.40. The van der Waals surface area contributed by atoms with Crippen LogP contribution in [0.5, 0.6) is 0 Å². The molecule has 0 radical (unpaired) electrons. The number of carbonyl (C=O) groups excluding carboxylic acids is 1. The van der Waals surface area contributed by atoms with Crippen molar-refractivity contribution in [3.8, 4) is 11.3 Å². The second kappa shape index (κ2) is 6.79. The van der Waals surface area contributed by atoms with Crippen LogP contribution in [0.1, 0.15) is 30.0 Å². The lowest BCUT2D eigenvalue weighted by atomic mass is 10.1. The highest BCUT2D eigenvalue weighted by Gasteiger charge is 2.19. The Morgan fingerprint density at radius 3 is 2.73 bits per heavy atom. The maximum Gasteiger partial charge on any atom is 0.338 e. The second-order valence-electron chi connectivity index (χ2n) is 5.89. The van der Waals surface area contributed by atoms with Crippen LogP contribution < -0.4 is 5.32 Å². The Balaban J connectivity index is 2.18. The highest BCUT2D eigenvalue weighted by molar-refractivity contribution is 6.08. The average Bonchev–Trinajstić information content (AvgIpc) is 3.05. The molecular weight excluding hydrogens is 332 g/mol. The highest BCUT2D eigenvalue weighted by atomic mass is 16.4. The molecule has 0 atom stereocenters. The molecular formula is C19H18N4O3. The van der Waals surface area contributed by atoms with E-state index in [-0.39, 0.29) is 11.5 Å². The lowest BCUT2D eigenvalue weighted by molar-refractivity contribution is -0.112. The van der Waals surface area contributed by atoms with Gasteiger partial charge in [0.05, 0.1) is 16.6 Å². The number of amides is 1. The fraction of sp³-hybridized carbons (Fsp3) is 0.158. The molecule has 0 spiro atoms. The summed E-state index contributed by atoms with van der Waals surface area (Å²) in [5, 5.41) is 12.7. The van der Waals surface area contributed by atoms with Crippen molar-refractivity contribution in [2.24, 2.45) is 0 Å². The Hall–Kier alpha value is -3.48. The molecule has 0 saturated carbocycles. The van der Waals surface area contributed by atoms with Crippen LogP contribution in [0.2, 0.25) is 0 Å². The summed E-state index contributed by atoms with van der Waals surface area (Å²) in [7, 11) is 0. The number of nitrogens with zero attached hydrogens (tertiary/aromatic N) is 2. The number of aromatic nitrogens is 3. The van der Waals surface area contributed by atoms with Gasteiger partial charge in [-0.25, -0.2) is 14.8 Å². The number of aromatic carboxylic acids is 1. The number of anilines is 1. The number of nitrogens with one attached hydrogen (secondary N) is 2. The van der Waals surface area contributed by atoms with Crippen molar-refractivity contribution >= 4 is 28.6 Å². The van der Waals surface area contributed by atoms with Crippen LogP contribution in [-0.4, -0.2) is 31.9 Å². The topological polar surface area (TPSA) is 108 Å². The Labute approximate surface area is 149 Å². The highest BCUT2D eigenvalue weighted by Crippen LogP contribution is 2.30. The molecule has 3 aromatic rings. The van der Waals surface area contributed by atoms with Crippen molar-refractivity contribution in [2.45, 2.75) is 20.3 Å². The summed E-state index contributed by atoms with van der Waals surface area (Å²) < 4.78 is 0. The number of carboxylic acids is 1. The molecule has 3 rings (SSSR count). The number of hydrogen-bond acceptors (Lipinski definition) is 4. The molecule has 0 saturated heterocycles. The van der Waals surface area contributed by atoms with Crippen LogP contribution in [0, 0.1) is 0 Å². The summed E-state index contributed by atoms with van der Waals surface area (Å²) in [5.41, 5.74) is 2.75. The van der Waals surface area contributed by atoms with E-state index in [0.717, 1.165) is 0 Å². The lowest BCUT2D eigenvalue weighted by Crippen LogP contribution is -2.11. The zero-order chi connectivity index (χ0) is 18.8. The molecule has 0 fully saturated rings. The van der Waals surface area contributed by atoms with Gasteiger partial charge in [-0.15, -0.1) is 0 Å². The Morgan fingerprint density at radius 2 is 2.08 bits per heavy atom. The first-order valence-corrected chi connectivity index (χ1v) is 8.09. The number of H-pyrrole nitrogens is 1. The van der Waals surface area contributed by atoms with Gasteiger partial charge in [-0.1, -0.05) is 25.6 Å². The minimum absolute atomic E-state index is 0.106. The number of hydrogen-bond donors (Lipinski definition) is 3. The van der Waals surface area contributed by atoms with E-state index in [0.29, 0.717) is 45.8 Å². The third kappa shape index (κ3) is 3.19. The first-order valence-electron chi connectivity index (χ1n) is 8.09.